The molecule has 0 aromatic heterocycles. The minimum absolute atomic E-state index is 0.106. The van der Waals surface area contributed by atoms with Crippen LogP contribution in [0.1, 0.15) is 111 Å². The molecular weight excluding hydrogens is 420 g/mol. The lowest BCUT2D eigenvalue weighted by Crippen LogP contribution is -2.49. The molecule has 6 nitrogen and oxygen atoms in total. The predicted octanol–water partition coefficient (Wildman–Crippen LogP) is 6.31. The molecule has 6 heteroatoms. The van der Waals surface area contributed by atoms with Crippen LogP contribution in [0.25, 0.3) is 0 Å². The van der Waals surface area contributed by atoms with Crippen molar-refractivity contribution in [3.05, 3.63) is 12.7 Å². The third kappa shape index (κ3) is 11.7. The van der Waals surface area contributed by atoms with Gasteiger partial charge in [-0.15, -0.1) is 0 Å². The molecule has 0 aliphatic heterocycles. The maximum Gasteiger partial charge on any atom is 0.350 e. The van der Waals surface area contributed by atoms with Crippen molar-refractivity contribution in [2.75, 3.05) is 13.2 Å². The van der Waals surface area contributed by atoms with Crippen molar-refractivity contribution in [1.29, 1.82) is 0 Å². The molecule has 0 saturated heterocycles. The maximum absolute atomic E-state index is 12.9. The molecule has 1 aliphatic carbocycles. The van der Waals surface area contributed by atoms with Crippen molar-refractivity contribution in [3.63, 3.8) is 0 Å². The maximum atomic E-state index is 12.9. The lowest BCUT2D eigenvalue weighted by atomic mass is 9.77. The molecule has 0 bridgehead atoms. The Hall–Kier alpha value is -1.85. The zero-order chi connectivity index (χ0) is 24.5. The quantitative estimate of drug-likeness (QED) is 0.108. The molecule has 0 heterocycles. The number of hydrogen-bond acceptors (Lipinski definition) is 6. The summed E-state index contributed by atoms with van der Waals surface area (Å²) in [6.45, 7) is 10.7. The van der Waals surface area contributed by atoms with Crippen LogP contribution in [-0.2, 0) is 28.6 Å². The zero-order valence-electron chi connectivity index (χ0n) is 21.2. The topological polar surface area (TPSA) is 78.9 Å². The number of unbranched alkanes of at least 4 members (excludes halogenated alkanes) is 7. The summed E-state index contributed by atoms with van der Waals surface area (Å²) in [6, 6.07) is 0. The van der Waals surface area contributed by atoms with Crippen molar-refractivity contribution in [2.24, 2.45) is 11.8 Å². The van der Waals surface area contributed by atoms with Crippen LogP contribution in [0.15, 0.2) is 12.7 Å². The summed E-state index contributed by atoms with van der Waals surface area (Å²) in [7, 11) is 0. The van der Waals surface area contributed by atoms with Gasteiger partial charge < -0.3 is 14.2 Å². The van der Waals surface area contributed by atoms with Gasteiger partial charge in [-0.05, 0) is 38.0 Å². The Labute approximate surface area is 200 Å². The molecular formula is C27H46O6. The van der Waals surface area contributed by atoms with Crippen LogP contribution in [0.3, 0.4) is 0 Å². The van der Waals surface area contributed by atoms with E-state index in [1.807, 2.05) is 0 Å². The molecule has 0 N–H and O–H groups in total. The van der Waals surface area contributed by atoms with Gasteiger partial charge in [-0.25, -0.2) is 9.59 Å². The van der Waals surface area contributed by atoms with Gasteiger partial charge in [-0.1, -0.05) is 78.7 Å². The molecule has 0 amide bonds. The Balaban J connectivity index is 2.52. The van der Waals surface area contributed by atoms with Crippen LogP contribution in [0.2, 0.25) is 0 Å². The van der Waals surface area contributed by atoms with Gasteiger partial charge in [-0.2, -0.15) is 0 Å². The van der Waals surface area contributed by atoms with E-state index in [0.29, 0.717) is 32.5 Å². The molecule has 2 unspecified atom stereocenters. The molecule has 190 valence electrons. The molecule has 1 fully saturated rings. The molecule has 1 rings (SSSR count). The van der Waals surface area contributed by atoms with Gasteiger partial charge in [0, 0.05) is 12.5 Å². The fourth-order valence-electron chi connectivity index (χ4n) is 4.29. The molecule has 0 aromatic carbocycles. The summed E-state index contributed by atoms with van der Waals surface area (Å²) in [5, 5.41) is 0. The van der Waals surface area contributed by atoms with E-state index in [2.05, 4.69) is 27.4 Å². The van der Waals surface area contributed by atoms with Crippen LogP contribution in [0, 0.1) is 11.8 Å². The molecule has 1 aliphatic rings. The third-order valence-corrected chi connectivity index (χ3v) is 6.28. The second kappa shape index (κ2) is 16.7. The second-order valence-electron chi connectivity index (χ2n) is 9.73. The Morgan fingerprint density at radius 3 is 2.27 bits per heavy atom. The SMILES string of the molecule is C=CC(=O)OC1(C(=O)OCCCCCC)CCCC(C(=O)OCCCCCCCC(C)C)C1. The van der Waals surface area contributed by atoms with E-state index in [1.54, 1.807) is 0 Å². The minimum Gasteiger partial charge on any atom is -0.465 e. The van der Waals surface area contributed by atoms with Crippen LogP contribution < -0.4 is 0 Å². The molecule has 33 heavy (non-hydrogen) atoms. The molecule has 0 spiro atoms. The van der Waals surface area contributed by atoms with Gasteiger partial charge in [0.05, 0.1) is 19.1 Å². The van der Waals surface area contributed by atoms with Crippen molar-refractivity contribution >= 4 is 17.9 Å². The standard InChI is InChI=1S/C27H46O6/c1-5-7-8-13-20-32-26(30)27(33-24(28)6-2)18-15-17-23(21-27)25(29)31-19-14-11-9-10-12-16-22(3)4/h6,22-23H,2,5,7-21H2,1,3-4H3. The Morgan fingerprint density at radius 2 is 1.61 bits per heavy atom. The molecule has 0 aromatic rings. The van der Waals surface area contributed by atoms with Gasteiger partial charge in [0.25, 0.3) is 0 Å². The fourth-order valence-corrected chi connectivity index (χ4v) is 4.29. The van der Waals surface area contributed by atoms with Crippen LogP contribution in [0.5, 0.6) is 0 Å². The van der Waals surface area contributed by atoms with E-state index in [4.69, 9.17) is 14.2 Å². The lowest BCUT2D eigenvalue weighted by Gasteiger charge is -2.37. The predicted molar refractivity (Wildman–Crippen MR) is 130 cm³/mol. The Morgan fingerprint density at radius 1 is 0.970 bits per heavy atom. The average molecular weight is 467 g/mol. The highest BCUT2D eigenvalue weighted by Gasteiger charge is 2.49. The van der Waals surface area contributed by atoms with Crippen LogP contribution in [-0.4, -0.2) is 36.7 Å². The summed E-state index contributed by atoms with van der Waals surface area (Å²) >= 11 is 0. The zero-order valence-corrected chi connectivity index (χ0v) is 21.2. The largest absolute Gasteiger partial charge is 0.465 e. The Kier molecular flexibility index (Phi) is 14.8. The van der Waals surface area contributed by atoms with E-state index >= 15 is 0 Å². The van der Waals surface area contributed by atoms with Crippen molar-refractivity contribution < 1.29 is 28.6 Å². The second-order valence-corrected chi connectivity index (χ2v) is 9.73. The molecule has 0 radical (unpaired) electrons. The Bertz CT molecular complexity index is 599. The van der Waals surface area contributed by atoms with E-state index in [1.165, 1.54) is 19.3 Å². The normalized spacial score (nSPS) is 20.3. The van der Waals surface area contributed by atoms with Crippen LogP contribution in [0.4, 0.5) is 0 Å². The van der Waals surface area contributed by atoms with Gasteiger partial charge in [-0.3, -0.25) is 4.79 Å². The summed E-state index contributed by atoms with van der Waals surface area (Å²) in [6.07, 6.45) is 13.4. The van der Waals surface area contributed by atoms with Gasteiger partial charge in [0.2, 0.25) is 5.60 Å². The van der Waals surface area contributed by atoms with Gasteiger partial charge in [0.15, 0.2) is 0 Å². The highest BCUT2D eigenvalue weighted by atomic mass is 16.6. The lowest BCUT2D eigenvalue weighted by molar-refractivity contribution is -0.188. The smallest absolute Gasteiger partial charge is 0.350 e. The van der Waals surface area contributed by atoms with Crippen molar-refractivity contribution in [2.45, 2.75) is 116 Å². The first-order valence-corrected chi connectivity index (χ1v) is 13.0. The minimum atomic E-state index is -1.44. The van der Waals surface area contributed by atoms with E-state index in [-0.39, 0.29) is 12.4 Å². The van der Waals surface area contributed by atoms with Gasteiger partial charge >= 0.3 is 17.9 Å². The van der Waals surface area contributed by atoms with Gasteiger partial charge in [0.1, 0.15) is 0 Å². The number of carbonyl (C=O) groups excluding carboxylic acids is 3. The van der Waals surface area contributed by atoms with Crippen molar-refractivity contribution in [3.8, 4) is 0 Å². The van der Waals surface area contributed by atoms with Crippen LogP contribution >= 0.6 is 0 Å². The highest BCUT2D eigenvalue weighted by molar-refractivity contribution is 5.88. The highest BCUT2D eigenvalue weighted by Crippen LogP contribution is 2.37. The number of rotatable bonds is 17. The number of carbonyl (C=O) groups is 3. The first-order chi connectivity index (χ1) is 15.8. The summed E-state index contributed by atoms with van der Waals surface area (Å²) in [5.41, 5.74) is -1.44. The van der Waals surface area contributed by atoms with Crippen molar-refractivity contribution in [1.82, 2.24) is 0 Å². The number of hydrogen-bond donors (Lipinski definition) is 0. The third-order valence-electron chi connectivity index (χ3n) is 6.28. The monoisotopic (exact) mass is 466 g/mol. The number of esters is 3. The van der Waals surface area contributed by atoms with E-state index in [0.717, 1.165) is 56.9 Å². The molecule has 1 saturated carbocycles. The summed E-state index contributed by atoms with van der Waals surface area (Å²) in [5.74, 6) is -1.28. The van der Waals surface area contributed by atoms with E-state index in [9.17, 15) is 14.4 Å². The van der Waals surface area contributed by atoms with E-state index < -0.39 is 23.5 Å². The summed E-state index contributed by atoms with van der Waals surface area (Å²) in [4.78, 5) is 37.6. The first-order valence-electron chi connectivity index (χ1n) is 13.0. The fraction of sp³-hybridized carbons (Fsp3) is 0.815. The first kappa shape index (κ1) is 29.2. The average Bonchev–Trinajstić information content (AvgIpc) is 2.80. The molecule has 2 atom stereocenters. The summed E-state index contributed by atoms with van der Waals surface area (Å²) < 4.78 is 16.5. The number of ether oxygens (including phenoxy) is 3.